The number of hydrogen-bond acceptors (Lipinski definition) is 5. The first-order chi connectivity index (χ1) is 8.83. The summed E-state index contributed by atoms with van der Waals surface area (Å²) in [5, 5.41) is 0. The maximum absolute atomic E-state index is 5.88. The number of aromatic nitrogens is 3. The number of nitrogens with zero attached hydrogens (tertiary/aromatic N) is 4. The van der Waals surface area contributed by atoms with Crippen LogP contribution < -0.4 is 10.6 Å². The Morgan fingerprint density at radius 2 is 2.00 bits per heavy atom. The van der Waals surface area contributed by atoms with E-state index in [0.717, 1.165) is 36.6 Å². The predicted octanol–water partition coefficient (Wildman–Crippen LogP) is 1.08. The van der Waals surface area contributed by atoms with Crippen molar-refractivity contribution in [3.63, 3.8) is 0 Å². The predicted molar refractivity (Wildman–Crippen MR) is 70.1 cm³/mol. The van der Waals surface area contributed by atoms with Crippen molar-refractivity contribution in [1.29, 1.82) is 0 Å². The van der Waals surface area contributed by atoms with Gasteiger partial charge < -0.3 is 10.6 Å². The highest BCUT2D eigenvalue weighted by molar-refractivity contribution is 5.60. The van der Waals surface area contributed by atoms with Gasteiger partial charge in [0.25, 0.3) is 0 Å². The van der Waals surface area contributed by atoms with Crippen molar-refractivity contribution in [2.75, 3.05) is 18.0 Å². The summed E-state index contributed by atoms with van der Waals surface area (Å²) in [6, 6.07) is 4.14. The van der Waals surface area contributed by atoms with Gasteiger partial charge in [0.1, 0.15) is 0 Å². The standard InChI is InChI=1S/C13H15N5/c14-12-3-5-18(9-12)13-16-7-11(8-17-13)10-2-1-4-15-6-10/h1-2,4,6-8,12H,3,5,9,14H2. The Morgan fingerprint density at radius 3 is 2.61 bits per heavy atom. The number of hydrogen-bond donors (Lipinski definition) is 1. The average Bonchev–Trinajstić information content (AvgIpc) is 2.87. The van der Waals surface area contributed by atoms with E-state index in [1.54, 1.807) is 6.20 Å². The number of anilines is 1. The molecule has 3 rings (SSSR count). The second kappa shape index (κ2) is 4.70. The zero-order valence-electron chi connectivity index (χ0n) is 10.0. The van der Waals surface area contributed by atoms with Crippen LogP contribution in [0.3, 0.4) is 0 Å². The van der Waals surface area contributed by atoms with E-state index in [1.807, 2.05) is 30.7 Å². The quantitative estimate of drug-likeness (QED) is 0.852. The Labute approximate surface area is 106 Å². The maximum atomic E-state index is 5.88. The van der Waals surface area contributed by atoms with E-state index in [2.05, 4.69) is 19.9 Å². The van der Waals surface area contributed by atoms with Gasteiger partial charge in [-0.2, -0.15) is 0 Å². The summed E-state index contributed by atoms with van der Waals surface area (Å²) < 4.78 is 0. The Balaban J connectivity index is 1.81. The van der Waals surface area contributed by atoms with Gasteiger partial charge in [0, 0.05) is 55.0 Å². The molecular weight excluding hydrogens is 226 g/mol. The Morgan fingerprint density at radius 1 is 1.17 bits per heavy atom. The summed E-state index contributed by atoms with van der Waals surface area (Å²) >= 11 is 0. The van der Waals surface area contributed by atoms with Gasteiger partial charge in [-0.05, 0) is 12.5 Å². The van der Waals surface area contributed by atoms with Crippen LogP contribution in [0.1, 0.15) is 6.42 Å². The van der Waals surface area contributed by atoms with Crippen LogP contribution in [0.2, 0.25) is 0 Å². The zero-order chi connectivity index (χ0) is 12.4. The molecule has 1 aliphatic rings. The van der Waals surface area contributed by atoms with E-state index in [9.17, 15) is 0 Å². The average molecular weight is 241 g/mol. The van der Waals surface area contributed by atoms with Crippen molar-refractivity contribution in [1.82, 2.24) is 15.0 Å². The molecule has 0 spiro atoms. The third-order valence-electron chi connectivity index (χ3n) is 3.14. The van der Waals surface area contributed by atoms with Crippen molar-refractivity contribution in [2.24, 2.45) is 5.73 Å². The summed E-state index contributed by atoms with van der Waals surface area (Å²) in [5.74, 6) is 0.760. The maximum Gasteiger partial charge on any atom is 0.225 e. The highest BCUT2D eigenvalue weighted by Crippen LogP contribution is 2.19. The molecule has 0 radical (unpaired) electrons. The van der Waals surface area contributed by atoms with Gasteiger partial charge in [0.05, 0.1) is 0 Å². The topological polar surface area (TPSA) is 67.9 Å². The Kier molecular flexibility index (Phi) is 2.90. The van der Waals surface area contributed by atoms with Crippen LogP contribution in [-0.2, 0) is 0 Å². The summed E-state index contributed by atoms with van der Waals surface area (Å²) in [7, 11) is 0. The van der Waals surface area contributed by atoms with Gasteiger partial charge >= 0.3 is 0 Å². The molecule has 2 aromatic rings. The van der Waals surface area contributed by atoms with Gasteiger partial charge in [-0.15, -0.1) is 0 Å². The lowest BCUT2D eigenvalue weighted by Gasteiger charge is -2.15. The minimum absolute atomic E-state index is 0.242. The van der Waals surface area contributed by atoms with E-state index in [-0.39, 0.29) is 6.04 Å². The van der Waals surface area contributed by atoms with E-state index in [4.69, 9.17) is 5.73 Å². The molecule has 1 atom stereocenters. The van der Waals surface area contributed by atoms with E-state index < -0.39 is 0 Å². The molecule has 3 heterocycles. The van der Waals surface area contributed by atoms with Gasteiger partial charge in [0.15, 0.2) is 0 Å². The second-order valence-electron chi connectivity index (χ2n) is 4.51. The largest absolute Gasteiger partial charge is 0.339 e. The Hall–Kier alpha value is -2.01. The first kappa shape index (κ1) is 11.1. The first-order valence-electron chi connectivity index (χ1n) is 6.06. The lowest BCUT2D eigenvalue weighted by molar-refractivity contribution is 0.750. The van der Waals surface area contributed by atoms with Crippen LogP contribution in [-0.4, -0.2) is 34.1 Å². The molecule has 1 saturated heterocycles. The summed E-state index contributed by atoms with van der Waals surface area (Å²) in [5.41, 5.74) is 7.89. The minimum atomic E-state index is 0.242. The van der Waals surface area contributed by atoms with Crippen LogP contribution in [0, 0.1) is 0 Å². The van der Waals surface area contributed by atoms with Crippen molar-refractivity contribution in [2.45, 2.75) is 12.5 Å². The van der Waals surface area contributed by atoms with E-state index >= 15 is 0 Å². The number of pyridine rings is 1. The van der Waals surface area contributed by atoms with Crippen LogP contribution >= 0.6 is 0 Å². The molecule has 18 heavy (non-hydrogen) atoms. The molecule has 2 aromatic heterocycles. The molecule has 0 aromatic carbocycles. The van der Waals surface area contributed by atoms with E-state index in [0.29, 0.717) is 0 Å². The van der Waals surface area contributed by atoms with Gasteiger partial charge in [-0.25, -0.2) is 9.97 Å². The molecule has 1 aliphatic heterocycles. The van der Waals surface area contributed by atoms with Crippen molar-refractivity contribution >= 4 is 5.95 Å². The fraction of sp³-hybridized carbons (Fsp3) is 0.308. The third kappa shape index (κ3) is 2.17. The SMILES string of the molecule is NC1CCN(c2ncc(-c3cccnc3)cn2)C1. The number of nitrogens with two attached hydrogens (primary N) is 1. The fourth-order valence-corrected chi connectivity index (χ4v) is 2.14. The zero-order valence-corrected chi connectivity index (χ0v) is 10.0. The molecular formula is C13H15N5. The molecule has 2 N–H and O–H groups in total. The third-order valence-corrected chi connectivity index (χ3v) is 3.14. The normalized spacial score (nSPS) is 19.2. The minimum Gasteiger partial charge on any atom is -0.339 e. The lowest BCUT2D eigenvalue weighted by atomic mass is 10.2. The molecule has 92 valence electrons. The van der Waals surface area contributed by atoms with Crippen LogP contribution in [0.15, 0.2) is 36.9 Å². The van der Waals surface area contributed by atoms with Crippen LogP contribution in [0.25, 0.3) is 11.1 Å². The molecule has 0 aliphatic carbocycles. The van der Waals surface area contributed by atoms with Crippen LogP contribution in [0.4, 0.5) is 5.95 Å². The summed E-state index contributed by atoms with van der Waals surface area (Å²) in [6.07, 6.45) is 8.24. The summed E-state index contributed by atoms with van der Waals surface area (Å²) in [4.78, 5) is 15.0. The monoisotopic (exact) mass is 241 g/mol. The molecule has 5 heteroatoms. The molecule has 1 fully saturated rings. The van der Waals surface area contributed by atoms with Crippen LogP contribution in [0.5, 0.6) is 0 Å². The fourth-order valence-electron chi connectivity index (χ4n) is 2.14. The highest BCUT2D eigenvalue weighted by atomic mass is 15.3. The van der Waals surface area contributed by atoms with Crippen molar-refractivity contribution in [3.8, 4) is 11.1 Å². The molecule has 5 nitrogen and oxygen atoms in total. The molecule has 0 saturated carbocycles. The highest BCUT2D eigenvalue weighted by Gasteiger charge is 2.20. The van der Waals surface area contributed by atoms with Gasteiger partial charge in [-0.3, -0.25) is 4.98 Å². The van der Waals surface area contributed by atoms with E-state index in [1.165, 1.54) is 0 Å². The number of rotatable bonds is 2. The molecule has 1 unspecified atom stereocenters. The Bertz CT molecular complexity index is 511. The lowest BCUT2D eigenvalue weighted by Crippen LogP contribution is -2.27. The van der Waals surface area contributed by atoms with Gasteiger partial charge in [0.2, 0.25) is 5.95 Å². The smallest absolute Gasteiger partial charge is 0.225 e. The second-order valence-corrected chi connectivity index (χ2v) is 4.51. The molecule has 0 bridgehead atoms. The van der Waals surface area contributed by atoms with Crippen molar-refractivity contribution in [3.05, 3.63) is 36.9 Å². The van der Waals surface area contributed by atoms with Gasteiger partial charge in [-0.1, -0.05) is 6.07 Å². The molecule has 0 amide bonds. The summed E-state index contributed by atoms with van der Waals surface area (Å²) in [6.45, 7) is 1.78. The first-order valence-corrected chi connectivity index (χ1v) is 6.06. The van der Waals surface area contributed by atoms with Crippen molar-refractivity contribution < 1.29 is 0 Å².